The van der Waals surface area contributed by atoms with E-state index in [2.05, 4.69) is 15.2 Å². The largest absolute Gasteiger partial charge is 0.389 e. The lowest BCUT2D eigenvalue weighted by Gasteiger charge is -2.15. The van der Waals surface area contributed by atoms with Crippen LogP contribution in [0.3, 0.4) is 0 Å². The molecular formula is C17H25N5O3. The minimum Gasteiger partial charge on any atom is -0.389 e. The first-order valence-electron chi connectivity index (χ1n) is 8.23. The number of aromatic nitrogens is 3. The lowest BCUT2D eigenvalue weighted by molar-refractivity contribution is -0.167. The van der Waals surface area contributed by atoms with Gasteiger partial charge in [0.25, 0.3) is 0 Å². The molecule has 0 amide bonds. The van der Waals surface area contributed by atoms with Crippen molar-refractivity contribution in [1.82, 2.24) is 14.8 Å². The summed E-state index contributed by atoms with van der Waals surface area (Å²) in [7, 11) is 0. The first-order valence-corrected chi connectivity index (χ1v) is 8.23. The van der Waals surface area contributed by atoms with E-state index in [1.807, 2.05) is 45.9 Å². The predicted molar refractivity (Wildman–Crippen MR) is 94.5 cm³/mol. The Hall–Kier alpha value is -2.45. The zero-order valence-corrected chi connectivity index (χ0v) is 15.1. The molecule has 0 radical (unpaired) electrons. The van der Waals surface area contributed by atoms with Gasteiger partial charge in [-0.2, -0.15) is 5.10 Å². The molecule has 0 aliphatic carbocycles. The molecule has 0 aromatic carbocycles. The minimum atomic E-state index is -0.460. The summed E-state index contributed by atoms with van der Waals surface area (Å²) in [6, 6.07) is 5.65. The van der Waals surface area contributed by atoms with Gasteiger partial charge in [0.2, 0.25) is 0 Å². The fourth-order valence-electron chi connectivity index (χ4n) is 2.26. The Labute approximate surface area is 147 Å². The molecule has 0 saturated carbocycles. The van der Waals surface area contributed by atoms with E-state index in [9.17, 15) is 0 Å². The van der Waals surface area contributed by atoms with Crippen LogP contribution < -0.4 is 5.73 Å². The number of pyridine rings is 1. The Kier molecular flexibility index (Phi) is 6.91. The molecule has 8 nitrogen and oxygen atoms in total. The quantitative estimate of drug-likeness (QED) is 0.322. The number of hydrogen-bond acceptors (Lipinski definition) is 6. The van der Waals surface area contributed by atoms with Gasteiger partial charge in [0.1, 0.15) is 0 Å². The maximum absolute atomic E-state index is 5.93. The van der Waals surface area contributed by atoms with Gasteiger partial charge in [-0.05, 0) is 45.9 Å². The van der Waals surface area contributed by atoms with Gasteiger partial charge in [-0.15, -0.1) is 0 Å². The van der Waals surface area contributed by atoms with Crippen molar-refractivity contribution in [3.8, 4) is 5.82 Å². The Morgan fingerprint density at radius 3 is 2.48 bits per heavy atom. The second-order valence-electron chi connectivity index (χ2n) is 5.36. The van der Waals surface area contributed by atoms with Gasteiger partial charge >= 0.3 is 0 Å². The van der Waals surface area contributed by atoms with Gasteiger partial charge in [0.05, 0.1) is 5.69 Å². The van der Waals surface area contributed by atoms with E-state index in [1.54, 1.807) is 10.9 Å². The summed E-state index contributed by atoms with van der Waals surface area (Å²) in [5.74, 6) is 0.954. The van der Waals surface area contributed by atoms with Crippen molar-refractivity contribution in [3.05, 3.63) is 41.3 Å². The van der Waals surface area contributed by atoms with Gasteiger partial charge < -0.3 is 20.0 Å². The molecule has 2 heterocycles. The number of ether oxygens (including phenoxy) is 2. The monoisotopic (exact) mass is 347 g/mol. The maximum Gasteiger partial charge on any atom is 0.194 e. The Balaban J connectivity index is 1.99. The summed E-state index contributed by atoms with van der Waals surface area (Å²) in [4.78, 5) is 9.60. The van der Waals surface area contributed by atoms with Crippen molar-refractivity contribution in [2.75, 3.05) is 19.8 Å². The van der Waals surface area contributed by atoms with E-state index in [-0.39, 0.29) is 12.4 Å². The minimum absolute atomic E-state index is 0.166. The smallest absolute Gasteiger partial charge is 0.194 e. The average molecular weight is 347 g/mol. The predicted octanol–water partition coefficient (Wildman–Crippen LogP) is 1.92. The second-order valence-corrected chi connectivity index (χ2v) is 5.36. The van der Waals surface area contributed by atoms with E-state index >= 15 is 0 Å². The number of nitrogens with zero attached hydrogens (tertiary/aromatic N) is 4. The van der Waals surface area contributed by atoms with Crippen molar-refractivity contribution >= 4 is 5.84 Å². The standard InChI is InChI=1S/C17H25N5O3/c1-5-23-16(24-6-2)11-25-21-17(18)14-7-8-15(19-10-14)22-13(4)9-12(3)20-22/h7-10,16H,5-6,11H2,1-4H3,(H2,18,21). The second kappa shape index (κ2) is 9.14. The molecule has 25 heavy (non-hydrogen) atoms. The zero-order valence-electron chi connectivity index (χ0n) is 15.1. The SMILES string of the molecule is CCOC(CO/N=C(\N)c1ccc(-n2nc(C)cc2C)nc1)OCC. The summed E-state index contributed by atoms with van der Waals surface area (Å²) in [6.07, 6.45) is 1.18. The van der Waals surface area contributed by atoms with E-state index in [0.717, 1.165) is 17.2 Å². The molecule has 0 saturated heterocycles. The molecule has 2 aromatic heterocycles. The third-order valence-corrected chi connectivity index (χ3v) is 3.35. The molecule has 0 unspecified atom stereocenters. The maximum atomic E-state index is 5.93. The topological polar surface area (TPSA) is 96.8 Å². The Morgan fingerprint density at radius 2 is 1.96 bits per heavy atom. The van der Waals surface area contributed by atoms with Crippen LogP contribution in [0.2, 0.25) is 0 Å². The molecule has 0 atom stereocenters. The van der Waals surface area contributed by atoms with E-state index < -0.39 is 6.29 Å². The Bertz CT molecular complexity index is 691. The normalized spacial score (nSPS) is 12.0. The van der Waals surface area contributed by atoms with E-state index in [0.29, 0.717) is 18.8 Å². The summed E-state index contributed by atoms with van der Waals surface area (Å²) >= 11 is 0. The molecule has 0 bridgehead atoms. The number of nitrogens with two attached hydrogens (primary N) is 1. The summed E-state index contributed by atoms with van der Waals surface area (Å²) in [6.45, 7) is 8.93. The van der Waals surface area contributed by atoms with Crippen molar-refractivity contribution in [2.24, 2.45) is 10.9 Å². The van der Waals surface area contributed by atoms with Crippen molar-refractivity contribution < 1.29 is 14.3 Å². The van der Waals surface area contributed by atoms with Crippen LogP contribution in [0.15, 0.2) is 29.6 Å². The molecule has 136 valence electrons. The molecule has 2 N–H and O–H groups in total. The number of amidine groups is 1. The van der Waals surface area contributed by atoms with E-state index in [1.165, 1.54) is 0 Å². The highest BCUT2D eigenvalue weighted by Crippen LogP contribution is 2.10. The van der Waals surface area contributed by atoms with Crippen LogP contribution in [-0.2, 0) is 14.3 Å². The van der Waals surface area contributed by atoms with Crippen LogP contribution in [0.1, 0.15) is 30.8 Å². The first kappa shape index (κ1) is 18.9. The first-order chi connectivity index (χ1) is 12.0. The molecular weight excluding hydrogens is 322 g/mol. The highest BCUT2D eigenvalue weighted by Gasteiger charge is 2.09. The summed E-state index contributed by atoms with van der Waals surface area (Å²) in [5, 5.41) is 8.29. The van der Waals surface area contributed by atoms with E-state index in [4.69, 9.17) is 20.0 Å². The Morgan fingerprint density at radius 1 is 1.24 bits per heavy atom. The highest BCUT2D eigenvalue weighted by atomic mass is 16.7. The lowest BCUT2D eigenvalue weighted by Crippen LogP contribution is -2.23. The third-order valence-electron chi connectivity index (χ3n) is 3.35. The van der Waals surface area contributed by atoms with Crippen LogP contribution in [0.4, 0.5) is 0 Å². The van der Waals surface area contributed by atoms with Gasteiger partial charge in [-0.1, -0.05) is 5.16 Å². The fourth-order valence-corrected chi connectivity index (χ4v) is 2.26. The van der Waals surface area contributed by atoms with Crippen LogP contribution in [0.5, 0.6) is 0 Å². The fraction of sp³-hybridized carbons (Fsp3) is 0.471. The van der Waals surface area contributed by atoms with Gasteiger partial charge in [-0.25, -0.2) is 9.67 Å². The summed E-state index contributed by atoms with van der Waals surface area (Å²) < 4.78 is 12.5. The molecule has 0 spiro atoms. The molecule has 0 fully saturated rings. The van der Waals surface area contributed by atoms with Crippen molar-refractivity contribution in [2.45, 2.75) is 34.0 Å². The number of hydrogen-bond donors (Lipinski definition) is 1. The van der Waals surface area contributed by atoms with Gasteiger partial charge in [0, 0.05) is 30.7 Å². The molecule has 0 aliphatic rings. The number of rotatable bonds is 9. The molecule has 0 aliphatic heterocycles. The van der Waals surface area contributed by atoms with Crippen LogP contribution >= 0.6 is 0 Å². The van der Waals surface area contributed by atoms with Crippen LogP contribution in [-0.4, -0.2) is 46.7 Å². The average Bonchev–Trinajstić information content (AvgIpc) is 2.93. The van der Waals surface area contributed by atoms with Crippen LogP contribution in [0.25, 0.3) is 5.82 Å². The number of aryl methyl sites for hydroxylation is 2. The molecule has 2 aromatic rings. The highest BCUT2D eigenvalue weighted by molar-refractivity contribution is 5.96. The number of oxime groups is 1. The van der Waals surface area contributed by atoms with Crippen LogP contribution in [0, 0.1) is 13.8 Å². The molecule has 8 heteroatoms. The zero-order chi connectivity index (χ0) is 18.2. The van der Waals surface area contributed by atoms with Crippen molar-refractivity contribution in [3.63, 3.8) is 0 Å². The molecule has 2 rings (SSSR count). The third kappa shape index (κ3) is 5.27. The van der Waals surface area contributed by atoms with Gasteiger partial charge in [0.15, 0.2) is 24.6 Å². The summed E-state index contributed by atoms with van der Waals surface area (Å²) in [5.41, 5.74) is 8.55. The van der Waals surface area contributed by atoms with Crippen molar-refractivity contribution in [1.29, 1.82) is 0 Å². The van der Waals surface area contributed by atoms with Gasteiger partial charge in [-0.3, -0.25) is 0 Å². The lowest BCUT2D eigenvalue weighted by atomic mass is 10.2.